The second kappa shape index (κ2) is 3.82. The fourth-order valence-electron chi connectivity index (χ4n) is 0.961. The van der Waals surface area contributed by atoms with Crippen LogP contribution >= 0.6 is 0 Å². The molecule has 0 bridgehead atoms. The number of hydrogen-bond donors (Lipinski definition) is 0. The second-order valence-electron chi connectivity index (χ2n) is 3.65. The van der Waals surface area contributed by atoms with E-state index in [1.54, 1.807) is 0 Å². The maximum Gasteiger partial charge on any atom is 0.334 e. The predicted octanol–water partition coefficient (Wildman–Crippen LogP) is 1.16. The van der Waals surface area contributed by atoms with E-state index in [9.17, 15) is 9.59 Å². The van der Waals surface area contributed by atoms with Gasteiger partial charge in [-0.2, -0.15) is 0 Å². The third-order valence-electron chi connectivity index (χ3n) is 2.11. The molecule has 0 aromatic carbocycles. The van der Waals surface area contributed by atoms with Gasteiger partial charge < -0.3 is 9.47 Å². The first-order valence-electron chi connectivity index (χ1n) is 4.83. The Kier molecular flexibility index (Phi) is 2.52. The van der Waals surface area contributed by atoms with Crippen LogP contribution in [0.4, 0.5) is 0 Å². The lowest BCUT2D eigenvalue weighted by Gasteiger charge is -1.97. The highest BCUT2D eigenvalue weighted by atomic mass is 16.6. The van der Waals surface area contributed by atoms with Crippen molar-refractivity contribution in [2.75, 3.05) is 0 Å². The minimum absolute atomic E-state index is 0.0547. The predicted molar refractivity (Wildman–Crippen MR) is 47.1 cm³/mol. The fraction of sp³-hybridized carbons (Fsp3) is 0.600. The number of ether oxygens (including phenoxy) is 2. The number of carbonyl (C=O) groups is 2. The Labute approximate surface area is 81.9 Å². The van der Waals surface area contributed by atoms with Gasteiger partial charge in [0.1, 0.15) is 12.4 Å². The average Bonchev–Trinajstić information content (AvgIpc) is 2.99. The Hall–Kier alpha value is -1.32. The van der Waals surface area contributed by atoms with E-state index in [2.05, 4.69) is 0 Å². The van der Waals surface area contributed by atoms with Crippen molar-refractivity contribution in [1.29, 1.82) is 0 Å². The molecule has 0 radical (unpaired) electrons. The molecule has 0 spiro atoms. The van der Waals surface area contributed by atoms with Crippen molar-refractivity contribution in [3.05, 3.63) is 12.3 Å². The molecule has 0 atom stereocenters. The molecular weight excluding hydrogens is 184 g/mol. The van der Waals surface area contributed by atoms with Gasteiger partial charge in [0.25, 0.3) is 0 Å². The molecule has 4 nitrogen and oxygen atoms in total. The molecule has 4 heteroatoms. The van der Waals surface area contributed by atoms with Gasteiger partial charge in [-0.15, -0.1) is 0 Å². The Balaban J connectivity index is 1.64. The number of carbonyl (C=O) groups excluding carboxylic acids is 2. The van der Waals surface area contributed by atoms with E-state index in [0.717, 1.165) is 38.0 Å². The molecular formula is C10H12O4. The van der Waals surface area contributed by atoms with Gasteiger partial charge in [-0.1, -0.05) is 0 Å². The van der Waals surface area contributed by atoms with Gasteiger partial charge in [0.05, 0.1) is 12.0 Å². The summed E-state index contributed by atoms with van der Waals surface area (Å²) in [6.45, 7) is 0. The summed E-state index contributed by atoms with van der Waals surface area (Å²) >= 11 is 0. The van der Waals surface area contributed by atoms with E-state index in [1.165, 1.54) is 0 Å². The van der Waals surface area contributed by atoms with Crippen LogP contribution in [0.5, 0.6) is 0 Å². The lowest BCUT2D eigenvalue weighted by atomic mass is 10.4. The van der Waals surface area contributed by atoms with Gasteiger partial charge in [-0.05, 0) is 25.7 Å². The van der Waals surface area contributed by atoms with Crippen LogP contribution in [0.25, 0.3) is 0 Å². The topological polar surface area (TPSA) is 52.6 Å². The number of rotatable bonds is 4. The zero-order valence-corrected chi connectivity index (χ0v) is 7.77. The van der Waals surface area contributed by atoms with Crippen molar-refractivity contribution < 1.29 is 19.1 Å². The molecule has 0 amide bonds. The van der Waals surface area contributed by atoms with Crippen LogP contribution < -0.4 is 0 Å². The number of esters is 2. The van der Waals surface area contributed by atoms with E-state index in [1.807, 2.05) is 0 Å². The number of hydrogen-bond acceptors (Lipinski definition) is 4. The van der Waals surface area contributed by atoms with E-state index in [-0.39, 0.29) is 18.0 Å². The zero-order chi connectivity index (χ0) is 9.97. The minimum atomic E-state index is -0.434. The third kappa shape index (κ3) is 2.87. The van der Waals surface area contributed by atoms with E-state index in [0.29, 0.717) is 0 Å². The minimum Gasteiger partial charge on any atom is -0.459 e. The summed E-state index contributed by atoms with van der Waals surface area (Å²) in [5.41, 5.74) is 0. The van der Waals surface area contributed by atoms with Gasteiger partial charge >= 0.3 is 11.9 Å². The van der Waals surface area contributed by atoms with Crippen molar-refractivity contribution in [3.8, 4) is 0 Å². The standard InChI is InChI=1S/C10H12O4/c11-9(14-8-3-4-8)5-6-13-10(12)7-1-2-7/h5-8H,1-4H2/b6-5+. The quantitative estimate of drug-likeness (QED) is 0.384. The van der Waals surface area contributed by atoms with Crippen molar-refractivity contribution in [1.82, 2.24) is 0 Å². The van der Waals surface area contributed by atoms with Crippen LogP contribution in [0.3, 0.4) is 0 Å². The van der Waals surface area contributed by atoms with Gasteiger partial charge in [0.15, 0.2) is 0 Å². The van der Waals surface area contributed by atoms with Crippen molar-refractivity contribution in [2.45, 2.75) is 31.8 Å². The summed E-state index contributed by atoms with van der Waals surface area (Å²) in [6.07, 6.45) is 6.05. The normalized spacial score (nSPS) is 20.9. The smallest absolute Gasteiger partial charge is 0.334 e. The molecule has 2 aliphatic rings. The molecule has 2 fully saturated rings. The van der Waals surface area contributed by atoms with Crippen LogP contribution in [0.2, 0.25) is 0 Å². The van der Waals surface area contributed by atoms with Gasteiger partial charge in [-0.25, -0.2) is 4.79 Å². The van der Waals surface area contributed by atoms with E-state index >= 15 is 0 Å². The molecule has 0 N–H and O–H groups in total. The van der Waals surface area contributed by atoms with Gasteiger partial charge in [-0.3, -0.25) is 4.79 Å². The molecule has 0 heterocycles. The maximum atomic E-state index is 11.0. The maximum absolute atomic E-state index is 11.0. The lowest BCUT2D eigenvalue weighted by Crippen LogP contribution is -2.04. The summed E-state index contributed by atoms with van der Waals surface area (Å²) in [6, 6.07) is 0. The first kappa shape index (κ1) is 9.24. The van der Waals surface area contributed by atoms with Crippen molar-refractivity contribution in [2.24, 2.45) is 5.92 Å². The average molecular weight is 196 g/mol. The highest BCUT2D eigenvalue weighted by molar-refractivity contribution is 5.82. The molecule has 2 aliphatic carbocycles. The Bertz CT molecular complexity index is 274. The molecule has 2 saturated carbocycles. The molecule has 0 aromatic rings. The summed E-state index contributed by atoms with van der Waals surface area (Å²) < 4.78 is 9.62. The summed E-state index contributed by atoms with van der Waals surface area (Å²) in [4.78, 5) is 22.0. The highest BCUT2D eigenvalue weighted by Gasteiger charge is 2.31. The Morgan fingerprint density at radius 3 is 2.43 bits per heavy atom. The first-order chi connectivity index (χ1) is 6.75. The molecule has 0 unspecified atom stereocenters. The lowest BCUT2D eigenvalue weighted by molar-refractivity contribution is -0.140. The molecule has 14 heavy (non-hydrogen) atoms. The second-order valence-corrected chi connectivity index (χ2v) is 3.65. The van der Waals surface area contributed by atoms with Crippen LogP contribution in [0, 0.1) is 5.92 Å². The zero-order valence-electron chi connectivity index (χ0n) is 7.77. The SMILES string of the molecule is O=C(/C=C/OC(=O)C1CC1)OC1CC1. The monoisotopic (exact) mass is 196 g/mol. The molecule has 76 valence electrons. The molecule has 0 saturated heterocycles. The van der Waals surface area contributed by atoms with Crippen LogP contribution in [-0.2, 0) is 19.1 Å². The largest absolute Gasteiger partial charge is 0.459 e. The molecule has 0 aliphatic heterocycles. The summed E-state index contributed by atoms with van der Waals surface area (Å²) in [7, 11) is 0. The van der Waals surface area contributed by atoms with Crippen molar-refractivity contribution >= 4 is 11.9 Å². The highest BCUT2D eigenvalue weighted by Crippen LogP contribution is 2.30. The van der Waals surface area contributed by atoms with E-state index in [4.69, 9.17) is 9.47 Å². The Morgan fingerprint density at radius 1 is 1.14 bits per heavy atom. The third-order valence-corrected chi connectivity index (χ3v) is 2.11. The summed E-state index contributed by atoms with van der Waals surface area (Å²) in [5.74, 6) is -0.629. The van der Waals surface area contributed by atoms with Gasteiger partial charge in [0, 0.05) is 0 Å². The van der Waals surface area contributed by atoms with Crippen LogP contribution in [0.1, 0.15) is 25.7 Å². The van der Waals surface area contributed by atoms with E-state index < -0.39 is 5.97 Å². The molecule has 2 rings (SSSR count). The Morgan fingerprint density at radius 2 is 1.86 bits per heavy atom. The molecule has 0 aromatic heterocycles. The fourth-order valence-corrected chi connectivity index (χ4v) is 0.961. The van der Waals surface area contributed by atoms with Crippen LogP contribution in [0.15, 0.2) is 12.3 Å². The summed E-state index contributed by atoms with van der Waals surface area (Å²) in [5, 5.41) is 0. The van der Waals surface area contributed by atoms with Crippen molar-refractivity contribution in [3.63, 3.8) is 0 Å². The van der Waals surface area contributed by atoms with Gasteiger partial charge in [0.2, 0.25) is 0 Å². The first-order valence-corrected chi connectivity index (χ1v) is 4.83. The van der Waals surface area contributed by atoms with Crippen LogP contribution in [-0.4, -0.2) is 18.0 Å².